The van der Waals surface area contributed by atoms with Gasteiger partial charge in [-0.3, -0.25) is 14.4 Å². The molecule has 4 saturated carbocycles. The van der Waals surface area contributed by atoms with Gasteiger partial charge in [0.05, 0.1) is 6.54 Å². The molecule has 0 aromatic heterocycles. The first-order valence-electron chi connectivity index (χ1n) is 10.9. The number of carbonyl (C=O) groups excluding carboxylic acids is 3. The summed E-state index contributed by atoms with van der Waals surface area (Å²) < 4.78 is 0. The Labute approximate surface area is 169 Å². The number of amides is 3. The van der Waals surface area contributed by atoms with E-state index in [-0.39, 0.29) is 41.1 Å². The van der Waals surface area contributed by atoms with Crippen LogP contribution in [0.3, 0.4) is 0 Å². The molecule has 1 atom stereocenters. The Balaban J connectivity index is 1.59. The molecule has 0 heterocycles. The molecular formula is C22H37N3O3. The van der Waals surface area contributed by atoms with E-state index in [2.05, 4.69) is 16.0 Å². The van der Waals surface area contributed by atoms with E-state index >= 15 is 0 Å². The van der Waals surface area contributed by atoms with E-state index in [0.717, 1.165) is 19.3 Å². The molecule has 0 spiro atoms. The van der Waals surface area contributed by atoms with Gasteiger partial charge in [-0.15, -0.1) is 0 Å². The van der Waals surface area contributed by atoms with Crippen LogP contribution in [0, 0.1) is 29.1 Å². The molecule has 4 aliphatic carbocycles. The summed E-state index contributed by atoms with van der Waals surface area (Å²) in [6.07, 6.45) is 6.78. The molecule has 3 amide bonds. The van der Waals surface area contributed by atoms with E-state index in [1.807, 2.05) is 34.6 Å². The van der Waals surface area contributed by atoms with Crippen molar-refractivity contribution in [2.45, 2.75) is 84.7 Å². The average Bonchev–Trinajstić information content (AvgIpc) is 2.54. The number of hydrogen-bond acceptors (Lipinski definition) is 3. The van der Waals surface area contributed by atoms with Crippen LogP contribution in [0.1, 0.15) is 73.1 Å². The van der Waals surface area contributed by atoms with Gasteiger partial charge in [0.2, 0.25) is 17.7 Å². The van der Waals surface area contributed by atoms with E-state index in [4.69, 9.17) is 0 Å². The lowest BCUT2D eigenvalue weighted by Crippen LogP contribution is -2.59. The van der Waals surface area contributed by atoms with Gasteiger partial charge in [0.15, 0.2) is 0 Å². The first kappa shape index (κ1) is 21.1. The second-order valence-electron chi connectivity index (χ2n) is 10.9. The Morgan fingerprint density at radius 3 is 1.89 bits per heavy atom. The minimum absolute atomic E-state index is 0.0384. The lowest BCUT2D eigenvalue weighted by atomic mass is 9.49. The van der Waals surface area contributed by atoms with Crippen molar-refractivity contribution in [3.63, 3.8) is 0 Å². The molecule has 0 radical (unpaired) electrons. The minimum Gasteiger partial charge on any atom is -0.350 e. The smallest absolute Gasteiger partial charge is 0.243 e. The van der Waals surface area contributed by atoms with Gasteiger partial charge in [-0.05, 0) is 83.0 Å². The second-order valence-corrected chi connectivity index (χ2v) is 10.9. The van der Waals surface area contributed by atoms with Gasteiger partial charge >= 0.3 is 0 Å². The number of rotatable bonds is 6. The second kappa shape index (κ2) is 7.68. The van der Waals surface area contributed by atoms with Crippen LogP contribution in [-0.2, 0) is 14.4 Å². The van der Waals surface area contributed by atoms with Crippen molar-refractivity contribution in [2.75, 3.05) is 6.54 Å². The van der Waals surface area contributed by atoms with Gasteiger partial charge in [0, 0.05) is 11.0 Å². The lowest BCUT2D eigenvalue weighted by molar-refractivity contribution is -0.149. The van der Waals surface area contributed by atoms with E-state index < -0.39 is 6.04 Å². The Morgan fingerprint density at radius 2 is 1.46 bits per heavy atom. The summed E-state index contributed by atoms with van der Waals surface area (Å²) in [6.45, 7) is 9.48. The molecule has 0 unspecified atom stereocenters. The highest BCUT2D eigenvalue weighted by Gasteiger charge is 2.55. The number of carbonyl (C=O) groups is 3. The Morgan fingerprint density at radius 1 is 0.964 bits per heavy atom. The topological polar surface area (TPSA) is 87.3 Å². The Bertz CT molecular complexity index is 600. The summed E-state index contributed by atoms with van der Waals surface area (Å²) in [5.74, 6) is 1.56. The standard InChI is InChI=1S/C22H37N3O3/c1-13(2)18(19(27)23-12-17(26)25-21(3,4)5)24-20(28)22-9-14-6-15(10-22)8-16(7-14)11-22/h13-16,18H,6-12H2,1-5H3,(H,23,27)(H,24,28)(H,25,26)/t14?,15?,16?,18-,22?/m0/s1. The SMILES string of the molecule is CC(C)[C@H](NC(=O)C12CC3CC(CC(C3)C1)C2)C(=O)NCC(=O)NC(C)(C)C. The van der Waals surface area contributed by atoms with E-state index in [1.165, 1.54) is 19.3 Å². The maximum Gasteiger partial charge on any atom is 0.243 e. The Kier molecular flexibility index (Phi) is 5.79. The molecule has 28 heavy (non-hydrogen) atoms. The van der Waals surface area contributed by atoms with Crippen LogP contribution in [0.2, 0.25) is 0 Å². The predicted molar refractivity (Wildman–Crippen MR) is 108 cm³/mol. The fourth-order valence-corrected chi connectivity index (χ4v) is 5.96. The molecule has 6 heteroatoms. The summed E-state index contributed by atoms with van der Waals surface area (Å²) in [4.78, 5) is 38.0. The summed E-state index contributed by atoms with van der Waals surface area (Å²) in [7, 11) is 0. The van der Waals surface area contributed by atoms with Crippen molar-refractivity contribution in [3.05, 3.63) is 0 Å². The summed E-state index contributed by atoms with van der Waals surface area (Å²) in [6, 6.07) is -0.608. The lowest BCUT2D eigenvalue weighted by Gasteiger charge is -2.55. The molecule has 0 aromatic rings. The third kappa shape index (κ3) is 4.69. The monoisotopic (exact) mass is 391 g/mol. The van der Waals surface area contributed by atoms with Crippen molar-refractivity contribution < 1.29 is 14.4 Å². The number of nitrogens with one attached hydrogen (secondary N) is 3. The van der Waals surface area contributed by atoms with Gasteiger partial charge in [-0.25, -0.2) is 0 Å². The first-order valence-corrected chi connectivity index (χ1v) is 10.9. The maximum atomic E-state index is 13.3. The number of hydrogen-bond donors (Lipinski definition) is 3. The normalized spacial score (nSPS) is 32.1. The van der Waals surface area contributed by atoms with E-state index in [9.17, 15) is 14.4 Å². The maximum absolute atomic E-state index is 13.3. The predicted octanol–water partition coefficient (Wildman–Crippen LogP) is 2.37. The molecule has 6 nitrogen and oxygen atoms in total. The highest BCUT2D eigenvalue weighted by atomic mass is 16.2. The first-order chi connectivity index (χ1) is 13.0. The van der Waals surface area contributed by atoms with Crippen molar-refractivity contribution in [1.82, 2.24) is 16.0 Å². The molecule has 0 aliphatic heterocycles. The summed E-state index contributed by atoms with van der Waals surface area (Å²) >= 11 is 0. The molecule has 0 saturated heterocycles. The molecule has 4 fully saturated rings. The molecule has 3 N–H and O–H groups in total. The average molecular weight is 392 g/mol. The van der Waals surface area contributed by atoms with Gasteiger partial charge in [-0.1, -0.05) is 13.8 Å². The van der Waals surface area contributed by atoms with Crippen LogP contribution in [0.15, 0.2) is 0 Å². The summed E-state index contributed by atoms with van der Waals surface area (Å²) in [5.41, 5.74) is -0.613. The highest BCUT2D eigenvalue weighted by Crippen LogP contribution is 2.60. The molecule has 0 aromatic carbocycles. The zero-order valence-corrected chi connectivity index (χ0v) is 18.1. The van der Waals surface area contributed by atoms with Crippen LogP contribution >= 0.6 is 0 Å². The summed E-state index contributed by atoms with van der Waals surface area (Å²) in [5, 5.41) is 8.59. The van der Waals surface area contributed by atoms with Gasteiger partial charge < -0.3 is 16.0 Å². The molecule has 4 rings (SSSR count). The fourth-order valence-electron chi connectivity index (χ4n) is 5.96. The fraction of sp³-hybridized carbons (Fsp3) is 0.864. The highest BCUT2D eigenvalue weighted by molar-refractivity contribution is 5.92. The molecular weight excluding hydrogens is 354 g/mol. The third-order valence-electron chi connectivity index (χ3n) is 6.69. The van der Waals surface area contributed by atoms with E-state index in [1.54, 1.807) is 0 Å². The van der Waals surface area contributed by atoms with Gasteiger partial charge in [0.25, 0.3) is 0 Å². The van der Waals surface area contributed by atoms with Crippen LogP contribution in [-0.4, -0.2) is 35.8 Å². The van der Waals surface area contributed by atoms with Crippen molar-refractivity contribution in [3.8, 4) is 0 Å². The Hall–Kier alpha value is -1.59. The van der Waals surface area contributed by atoms with Gasteiger partial charge in [0.1, 0.15) is 6.04 Å². The van der Waals surface area contributed by atoms with Crippen LogP contribution in [0.4, 0.5) is 0 Å². The molecule has 4 aliphatic rings. The van der Waals surface area contributed by atoms with Gasteiger partial charge in [-0.2, -0.15) is 0 Å². The van der Waals surface area contributed by atoms with Crippen molar-refractivity contribution >= 4 is 17.7 Å². The zero-order valence-electron chi connectivity index (χ0n) is 18.1. The quantitative estimate of drug-likeness (QED) is 0.650. The van der Waals surface area contributed by atoms with Crippen molar-refractivity contribution in [2.24, 2.45) is 29.1 Å². The van der Waals surface area contributed by atoms with Crippen molar-refractivity contribution in [1.29, 1.82) is 0 Å². The van der Waals surface area contributed by atoms with Crippen LogP contribution in [0.5, 0.6) is 0 Å². The van der Waals surface area contributed by atoms with E-state index in [0.29, 0.717) is 17.8 Å². The third-order valence-corrected chi connectivity index (χ3v) is 6.69. The van der Waals surface area contributed by atoms with Crippen LogP contribution < -0.4 is 16.0 Å². The molecule has 158 valence electrons. The van der Waals surface area contributed by atoms with Crippen LogP contribution in [0.25, 0.3) is 0 Å². The zero-order chi connectivity index (χ0) is 20.7. The largest absolute Gasteiger partial charge is 0.350 e. The minimum atomic E-state index is -0.608. The molecule has 4 bridgehead atoms.